The Balaban J connectivity index is 1.91. The maximum atomic E-state index is 9.42. The molecule has 1 aromatic heterocycles. The summed E-state index contributed by atoms with van der Waals surface area (Å²) >= 11 is 3.43. The van der Waals surface area contributed by atoms with E-state index in [9.17, 15) is 5.11 Å². The Morgan fingerprint density at radius 1 is 1.25 bits per heavy atom. The topological polar surface area (TPSA) is 49.2 Å². The van der Waals surface area contributed by atoms with Gasteiger partial charge in [0.1, 0.15) is 5.82 Å². The molecule has 3 rings (SSSR count). The predicted molar refractivity (Wildman–Crippen MR) is 82.6 cm³/mol. The minimum absolute atomic E-state index is 0.178. The summed E-state index contributed by atoms with van der Waals surface area (Å²) in [6.45, 7) is 1.12. The predicted octanol–water partition coefficient (Wildman–Crippen LogP) is 2.87. The molecule has 2 heterocycles. The van der Waals surface area contributed by atoms with Crippen LogP contribution in [0.5, 0.6) is 0 Å². The van der Waals surface area contributed by atoms with E-state index in [1.807, 2.05) is 30.3 Å². The largest absolute Gasteiger partial charge is 0.394 e. The Bertz CT molecular complexity index is 588. The Morgan fingerprint density at radius 3 is 2.80 bits per heavy atom. The molecule has 4 nitrogen and oxygen atoms in total. The number of hydrogen-bond acceptors (Lipinski definition) is 4. The van der Waals surface area contributed by atoms with Crippen molar-refractivity contribution in [1.29, 1.82) is 0 Å². The molecule has 1 saturated heterocycles. The first kappa shape index (κ1) is 13.5. The third kappa shape index (κ3) is 2.69. The molecule has 104 valence electrons. The number of aliphatic hydroxyl groups excluding tert-OH is 1. The number of nitrogens with zero attached hydrogens (tertiary/aromatic N) is 3. The van der Waals surface area contributed by atoms with Crippen molar-refractivity contribution in [2.45, 2.75) is 18.9 Å². The Labute approximate surface area is 126 Å². The van der Waals surface area contributed by atoms with Crippen LogP contribution in [-0.2, 0) is 0 Å². The van der Waals surface area contributed by atoms with Gasteiger partial charge in [0.25, 0.3) is 0 Å². The van der Waals surface area contributed by atoms with E-state index in [4.69, 9.17) is 0 Å². The van der Waals surface area contributed by atoms with Crippen molar-refractivity contribution in [3.8, 4) is 11.4 Å². The van der Waals surface area contributed by atoms with Gasteiger partial charge in [0.2, 0.25) is 0 Å². The van der Waals surface area contributed by atoms with Crippen LogP contribution in [0.25, 0.3) is 11.4 Å². The number of anilines is 1. The minimum Gasteiger partial charge on any atom is -0.394 e. The zero-order chi connectivity index (χ0) is 13.9. The second-order valence-corrected chi connectivity index (χ2v) is 5.83. The number of aliphatic hydroxyl groups is 1. The van der Waals surface area contributed by atoms with Gasteiger partial charge in [-0.25, -0.2) is 9.97 Å². The summed E-state index contributed by atoms with van der Waals surface area (Å²) in [7, 11) is 0. The monoisotopic (exact) mass is 333 g/mol. The van der Waals surface area contributed by atoms with Gasteiger partial charge in [-0.1, -0.05) is 28.1 Å². The van der Waals surface area contributed by atoms with Crippen LogP contribution in [-0.4, -0.2) is 34.3 Å². The lowest BCUT2D eigenvalue weighted by atomic mass is 10.2. The average molecular weight is 334 g/mol. The molecule has 0 spiro atoms. The van der Waals surface area contributed by atoms with Gasteiger partial charge in [0.15, 0.2) is 5.82 Å². The Morgan fingerprint density at radius 2 is 2.05 bits per heavy atom. The molecule has 1 aromatic carbocycles. The molecular weight excluding hydrogens is 318 g/mol. The van der Waals surface area contributed by atoms with Gasteiger partial charge in [-0.05, 0) is 31.0 Å². The summed E-state index contributed by atoms with van der Waals surface area (Å²) in [5.74, 6) is 1.62. The fourth-order valence-corrected chi connectivity index (χ4v) is 2.84. The van der Waals surface area contributed by atoms with E-state index in [2.05, 4.69) is 30.8 Å². The van der Waals surface area contributed by atoms with E-state index in [0.29, 0.717) is 0 Å². The lowest BCUT2D eigenvalue weighted by Gasteiger charge is -2.24. The summed E-state index contributed by atoms with van der Waals surface area (Å²) in [4.78, 5) is 11.2. The van der Waals surface area contributed by atoms with E-state index in [1.54, 1.807) is 6.20 Å². The summed E-state index contributed by atoms with van der Waals surface area (Å²) in [6.07, 6.45) is 3.91. The Hall–Kier alpha value is -1.46. The standard InChI is InChI=1S/C15H16BrN3O/c16-12-5-3-11(4-6-12)15-17-8-7-14(18-15)19-9-1-2-13(19)10-20/h3-8,13,20H,1-2,9-10H2. The van der Waals surface area contributed by atoms with Gasteiger partial charge >= 0.3 is 0 Å². The molecule has 0 radical (unpaired) electrons. The second-order valence-electron chi connectivity index (χ2n) is 4.92. The van der Waals surface area contributed by atoms with E-state index in [-0.39, 0.29) is 12.6 Å². The van der Waals surface area contributed by atoms with Crippen molar-refractivity contribution in [3.63, 3.8) is 0 Å². The summed E-state index contributed by atoms with van der Waals surface area (Å²) < 4.78 is 1.04. The van der Waals surface area contributed by atoms with E-state index in [1.165, 1.54) is 0 Å². The molecule has 20 heavy (non-hydrogen) atoms. The van der Waals surface area contributed by atoms with Crippen molar-refractivity contribution < 1.29 is 5.11 Å². The van der Waals surface area contributed by atoms with Crippen molar-refractivity contribution in [1.82, 2.24) is 9.97 Å². The molecule has 1 N–H and O–H groups in total. The van der Waals surface area contributed by atoms with Crippen LogP contribution in [0.1, 0.15) is 12.8 Å². The SMILES string of the molecule is OCC1CCCN1c1ccnc(-c2ccc(Br)cc2)n1. The summed E-state index contributed by atoms with van der Waals surface area (Å²) in [5.41, 5.74) is 0.995. The maximum Gasteiger partial charge on any atom is 0.161 e. The molecule has 2 aromatic rings. The van der Waals surface area contributed by atoms with Crippen LogP contribution in [0.15, 0.2) is 41.0 Å². The first-order chi connectivity index (χ1) is 9.78. The molecule has 0 amide bonds. The average Bonchev–Trinajstić information content (AvgIpc) is 2.96. The number of hydrogen-bond donors (Lipinski definition) is 1. The summed E-state index contributed by atoms with van der Waals surface area (Å²) in [6, 6.07) is 10.1. The van der Waals surface area contributed by atoms with Gasteiger partial charge in [0, 0.05) is 22.8 Å². The van der Waals surface area contributed by atoms with E-state index >= 15 is 0 Å². The number of aromatic nitrogens is 2. The van der Waals surface area contributed by atoms with Crippen LogP contribution < -0.4 is 4.90 Å². The molecule has 1 atom stereocenters. The zero-order valence-corrected chi connectivity index (χ0v) is 12.6. The van der Waals surface area contributed by atoms with Gasteiger partial charge in [-0.15, -0.1) is 0 Å². The van der Waals surface area contributed by atoms with Gasteiger partial charge < -0.3 is 10.0 Å². The normalized spacial score (nSPS) is 18.5. The lowest BCUT2D eigenvalue weighted by Crippen LogP contribution is -2.32. The van der Waals surface area contributed by atoms with Crippen molar-refractivity contribution in [2.75, 3.05) is 18.1 Å². The number of rotatable bonds is 3. The van der Waals surface area contributed by atoms with Crippen molar-refractivity contribution in [2.24, 2.45) is 0 Å². The highest BCUT2D eigenvalue weighted by molar-refractivity contribution is 9.10. The molecule has 1 fully saturated rings. The van der Waals surface area contributed by atoms with Gasteiger partial charge in [-0.3, -0.25) is 0 Å². The molecule has 0 saturated carbocycles. The molecule has 0 aliphatic carbocycles. The van der Waals surface area contributed by atoms with Crippen LogP contribution in [0.2, 0.25) is 0 Å². The first-order valence-electron chi connectivity index (χ1n) is 6.74. The third-order valence-corrected chi connectivity index (χ3v) is 4.15. The van der Waals surface area contributed by atoms with Crippen LogP contribution in [0.4, 0.5) is 5.82 Å². The second kappa shape index (κ2) is 5.89. The van der Waals surface area contributed by atoms with Gasteiger partial charge in [-0.2, -0.15) is 0 Å². The van der Waals surface area contributed by atoms with Crippen LogP contribution in [0, 0.1) is 0 Å². The third-order valence-electron chi connectivity index (χ3n) is 3.63. The molecule has 0 bridgehead atoms. The zero-order valence-electron chi connectivity index (χ0n) is 11.0. The highest BCUT2D eigenvalue weighted by Crippen LogP contribution is 2.25. The van der Waals surface area contributed by atoms with Crippen LogP contribution >= 0.6 is 15.9 Å². The van der Waals surface area contributed by atoms with Crippen molar-refractivity contribution >= 4 is 21.7 Å². The first-order valence-corrected chi connectivity index (χ1v) is 7.54. The minimum atomic E-state index is 0.178. The quantitative estimate of drug-likeness (QED) is 0.938. The summed E-state index contributed by atoms with van der Waals surface area (Å²) in [5, 5.41) is 9.42. The molecular formula is C15H16BrN3O. The highest BCUT2D eigenvalue weighted by Gasteiger charge is 2.25. The molecule has 1 aliphatic heterocycles. The fourth-order valence-electron chi connectivity index (χ4n) is 2.57. The highest BCUT2D eigenvalue weighted by atomic mass is 79.9. The van der Waals surface area contributed by atoms with Gasteiger partial charge in [0.05, 0.1) is 12.6 Å². The molecule has 1 unspecified atom stereocenters. The van der Waals surface area contributed by atoms with E-state index in [0.717, 1.165) is 41.1 Å². The fraction of sp³-hybridized carbons (Fsp3) is 0.333. The number of halogens is 1. The maximum absolute atomic E-state index is 9.42. The number of benzene rings is 1. The smallest absolute Gasteiger partial charge is 0.161 e. The van der Waals surface area contributed by atoms with E-state index < -0.39 is 0 Å². The van der Waals surface area contributed by atoms with Crippen molar-refractivity contribution in [3.05, 3.63) is 41.0 Å². The Kier molecular flexibility index (Phi) is 3.98. The lowest BCUT2D eigenvalue weighted by molar-refractivity contribution is 0.266. The molecule has 5 heteroatoms. The molecule has 1 aliphatic rings. The van der Waals surface area contributed by atoms with Crippen LogP contribution in [0.3, 0.4) is 0 Å².